The first-order chi connectivity index (χ1) is 16.7. The van der Waals surface area contributed by atoms with Crippen molar-refractivity contribution in [3.8, 4) is 11.5 Å². The van der Waals surface area contributed by atoms with E-state index in [-0.39, 0.29) is 11.9 Å². The molecule has 0 spiro atoms. The van der Waals surface area contributed by atoms with Gasteiger partial charge in [-0.15, -0.1) is 11.8 Å². The number of thiophene rings is 1. The summed E-state index contributed by atoms with van der Waals surface area (Å²) in [6.45, 7) is 3.46. The molecule has 1 saturated heterocycles. The van der Waals surface area contributed by atoms with E-state index in [4.69, 9.17) is 14.2 Å². The van der Waals surface area contributed by atoms with Crippen LogP contribution in [-0.2, 0) is 10.5 Å². The molecule has 1 amide bonds. The molecule has 1 atom stereocenters. The quantitative estimate of drug-likeness (QED) is 0.403. The van der Waals surface area contributed by atoms with Gasteiger partial charge in [-0.1, -0.05) is 18.2 Å². The lowest BCUT2D eigenvalue weighted by Gasteiger charge is -2.35. The molecule has 0 radical (unpaired) electrons. The predicted molar refractivity (Wildman–Crippen MR) is 137 cm³/mol. The second-order valence-corrected chi connectivity index (χ2v) is 9.70. The number of rotatable bonds is 10. The summed E-state index contributed by atoms with van der Waals surface area (Å²) < 4.78 is 16.5. The number of methoxy groups -OCH3 is 2. The van der Waals surface area contributed by atoms with Gasteiger partial charge < -0.3 is 19.5 Å². The summed E-state index contributed by atoms with van der Waals surface area (Å²) in [5, 5.41) is 7.41. The molecule has 3 aromatic rings. The van der Waals surface area contributed by atoms with E-state index in [1.165, 1.54) is 5.56 Å². The van der Waals surface area contributed by atoms with Crippen LogP contribution in [0.15, 0.2) is 64.2 Å². The first-order valence-corrected chi connectivity index (χ1v) is 13.2. The SMILES string of the molecule is COc1ccc(C(CNC(=O)c2ccccc2SCc2ccsc2)N2CCOCC2)cc1OC. The zero-order chi connectivity index (χ0) is 23.8. The van der Waals surface area contributed by atoms with Gasteiger partial charge in [-0.2, -0.15) is 11.3 Å². The van der Waals surface area contributed by atoms with Crippen molar-refractivity contribution in [1.29, 1.82) is 0 Å². The number of carbonyl (C=O) groups is 1. The third kappa shape index (κ3) is 6.13. The molecule has 1 N–H and O–H groups in total. The van der Waals surface area contributed by atoms with Crippen LogP contribution in [-0.4, -0.2) is 57.9 Å². The van der Waals surface area contributed by atoms with Gasteiger partial charge in [0.05, 0.1) is 39.0 Å². The second-order valence-electron chi connectivity index (χ2n) is 7.91. The Morgan fingerprint density at radius 1 is 1.12 bits per heavy atom. The number of morpholine rings is 1. The minimum absolute atomic E-state index is 0.00159. The molecule has 2 aromatic carbocycles. The molecular weight excluding hydrogens is 468 g/mol. The van der Waals surface area contributed by atoms with Gasteiger partial charge in [0.1, 0.15) is 0 Å². The van der Waals surface area contributed by atoms with Crippen molar-refractivity contribution in [3.63, 3.8) is 0 Å². The third-order valence-electron chi connectivity index (χ3n) is 5.84. The molecule has 8 heteroatoms. The van der Waals surface area contributed by atoms with Crippen molar-refractivity contribution in [1.82, 2.24) is 10.2 Å². The molecule has 180 valence electrons. The number of nitrogens with one attached hydrogen (secondary N) is 1. The van der Waals surface area contributed by atoms with E-state index in [1.54, 1.807) is 37.3 Å². The van der Waals surface area contributed by atoms with E-state index in [0.29, 0.717) is 36.8 Å². The molecule has 0 aliphatic carbocycles. The highest BCUT2D eigenvalue weighted by Crippen LogP contribution is 2.32. The van der Waals surface area contributed by atoms with Gasteiger partial charge in [-0.05, 0) is 52.2 Å². The maximum Gasteiger partial charge on any atom is 0.252 e. The first-order valence-electron chi connectivity index (χ1n) is 11.2. The highest BCUT2D eigenvalue weighted by Gasteiger charge is 2.25. The second kappa shape index (κ2) is 12.3. The minimum Gasteiger partial charge on any atom is -0.493 e. The lowest BCUT2D eigenvalue weighted by Crippen LogP contribution is -2.43. The maximum atomic E-state index is 13.3. The van der Waals surface area contributed by atoms with Crippen molar-refractivity contribution in [2.24, 2.45) is 0 Å². The van der Waals surface area contributed by atoms with E-state index in [0.717, 1.165) is 29.3 Å². The fourth-order valence-corrected chi connectivity index (χ4v) is 5.77. The molecule has 1 aromatic heterocycles. The zero-order valence-corrected chi connectivity index (χ0v) is 21.1. The Hall–Kier alpha value is -2.52. The lowest BCUT2D eigenvalue weighted by molar-refractivity contribution is 0.0162. The summed E-state index contributed by atoms with van der Waals surface area (Å²) in [7, 11) is 3.27. The van der Waals surface area contributed by atoms with Crippen molar-refractivity contribution < 1.29 is 19.0 Å². The van der Waals surface area contributed by atoms with E-state index in [1.807, 2.05) is 42.5 Å². The Kier molecular flexibility index (Phi) is 8.87. The monoisotopic (exact) mass is 498 g/mol. The molecule has 1 aliphatic heterocycles. The van der Waals surface area contributed by atoms with Gasteiger partial charge in [0.25, 0.3) is 5.91 Å². The third-order valence-corrected chi connectivity index (χ3v) is 7.72. The smallest absolute Gasteiger partial charge is 0.252 e. The van der Waals surface area contributed by atoms with Crippen molar-refractivity contribution >= 4 is 29.0 Å². The Bertz CT molecular complexity index is 1070. The summed E-state index contributed by atoms with van der Waals surface area (Å²) in [5.74, 6) is 2.15. The van der Waals surface area contributed by atoms with Gasteiger partial charge in [0.2, 0.25) is 0 Å². The van der Waals surface area contributed by atoms with Crippen LogP contribution in [0.2, 0.25) is 0 Å². The number of amides is 1. The number of thioether (sulfide) groups is 1. The largest absolute Gasteiger partial charge is 0.493 e. The Balaban J connectivity index is 1.50. The number of ether oxygens (including phenoxy) is 3. The summed E-state index contributed by atoms with van der Waals surface area (Å²) in [6.07, 6.45) is 0. The Labute approximate surface area is 209 Å². The fourth-order valence-electron chi connectivity index (χ4n) is 4.01. The summed E-state index contributed by atoms with van der Waals surface area (Å²) >= 11 is 3.38. The average Bonchev–Trinajstić information content (AvgIpc) is 3.42. The summed E-state index contributed by atoms with van der Waals surface area (Å²) in [6, 6.07) is 15.9. The molecule has 6 nitrogen and oxygen atoms in total. The number of carbonyl (C=O) groups excluding carboxylic acids is 1. The van der Waals surface area contributed by atoms with Crippen molar-refractivity contribution in [3.05, 3.63) is 76.0 Å². The van der Waals surface area contributed by atoms with Crippen LogP contribution in [0.3, 0.4) is 0 Å². The van der Waals surface area contributed by atoms with Gasteiger partial charge >= 0.3 is 0 Å². The summed E-state index contributed by atoms with van der Waals surface area (Å²) in [4.78, 5) is 16.6. The zero-order valence-electron chi connectivity index (χ0n) is 19.5. The number of benzene rings is 2. The average molecular weight is 499 g/mol. The molecule has 0 saturated carbocycles. The standard InChI is InChI=1S/C26H30N2O4S2/c1-30-23-8-7-20(15-24(23)31-2)22(28-10-12-32-13-11-28)16-27-26(29)21-5-3-4-6-25(21)34-18-19-9-14-33-17-19/h3-9,14-15,17,22H,10-13,16,18H2,1-2H3,(H,27,29). The van der Waals surface area contributed by atoms with Crippen molar-refractivity contribution in [2.75, 3.05) is 47.1 Å². The minimum atomic E-state index is -0.0628. The number of hydrogen-bond donors (Lipinski definition) is 1. The summed E-state index contributed by atoms with van der Waals surface area (Å²) in [5.41, 5.74) is 3.04. The Morgan fingerprint density at radius 2 is 1.91 bits per heavy atom. The van der Waals surface area contributed by atoms with Crippen LogP contribution >= 0.6 is 23.1 Å². The number of hydrogen-bond acceptors (Lipinski definition) is 7. The van der Waals surface area contributed by atoms with Crippen LogP contribution in [0.1, 0.15) is 27.5 Å². The van der Waals surface area contributed by atoms with Gasteiger partial charge in [-0.25, -0.2) is 0 Å². The van der Waals surface area contributed by atoms with Gasteiger partial charge in [-0.3, -0.25) is 9.69 Å². The molecule has 34 heavy (non-hydrogen) atoms. The van der Waals surface area contributed by atoms with E-state index in [2.05, 4.69) is 27.0 Å². The van der Waals surface area contributed by atoms with E-state index >= 15 is 0 Å². The molecule has 2 heterocycles. The number of nitrogens with zero attached hydrogens (tertiary/aromatic N) is 1. The van der Waals surface area contributed by atoms with Crippen LogP contribution in [0.5, 0.6) is 11.5 Å². The topological polar surface area (TPSA) is 60.0 Å². The van der Waals surface area contributed by atoms with Crippen LogP contribution < -0.4 is 14.8 Å². The van der Waals surface area contributed by atoms with Crippen LogP contribution in [0, 0.1) is 0 Å². The molecular formula is C26H30N2O4S2. The van der Waals surface area contributed by atoms with Gasteiger partial charge in [0, 0.05) is 30.3 Å². The highest BCUT2D eigenvalue weighted by atomic mass is 32.2. The van der Waals surface area contributed by atoms with Crippen LogP contribution in [0.4, 0.5) is 0 Å². The maximum absolute atomic E-state index is 13.3. The first kappa shape index (κ1) is 24.6. The van der Waals surface area contributed by atoms with Crippen LogP contribution in [0.25, 0.3) is 0 Å². The van der Waals surface area contributed by atoms with Gasteiger partial charge in [0.15, 0.2) is 11.5 Å². The molecule has 1 unspecified atom stereocenters. The van der Waals surface area contributed by atoms with E-state index in [9.17, 15) is 4.79 Å². The normalized spacial score (nSPS) is 15.0. The molecule has 1 aliphatic rings. The fraction of sp³-hybridized carbons (Fsp3) is 0.346. The molecule has 0 bridgehead atoms. The molecule has 1 fully saturated rings. The Morgan fingerprint density at radius 3 is 2.65 bits per heavy atom. The highest BCUT2D eigenvalue weighted by molar-refractivity contribution is 7.98. The predicted octanol–water partition coefficient (Wildman–Crippen LogP) is 4.86. The molecule has 4 rings (SSSR count). The van der Waals surface area contributed by atoms with Crippen molar-refractivity contribution in [2.45, 2.75) is 16.7 Å². The van der Waals surface area contributed by atoms with E-state index < -0.39 is 0 Å². The lowest BCUT2D eigenvalue weighted by atomic mass is 10.0.